The van der Waals surface area contributed by atoms with Crippen LogP contribution in [0.15, 0.2) is 24.3 Å². The lowest BCUT2D eigenvalue weighted by molar-refractivity contribution is 0.0679. The van der Waals surface area contributed by atoms with E-state index in [1.54, 1.807) is 6.92 Å². The number of benzene rings is 1. The fourth-order valence-corrected chi connectivity index (χ4v) is 2.55. The molecule has 0 bridgehead atoms. The topological polar surface area (TPSA) is 64.6 Å². The molecular formula is C14H21NO4S. The highest BCUT2D eigenvalue weighted by Crippen LogP contribution is 2.16. The number of hydrogen-bond acceptors (Lipinski definition) is 4. The molecule has 2 rings (SSSR count). The highest BCUT2D eigenvalue weighted by molar-refractivity contribution is 7.89. The summed E-state index contributed by atoms with van der Waals surface area (Å²) in [5, 5.41) is 0. The zero-order chi connectivity index (χ0) is 14.4. The molecule has 1 aromatic carbocycles. The lowest BCUT2D eigenvalue weighted by Gasteiger charge is -2.12. The molecule has 1 unspecified atom stereocenters. The Hall–Kier alpha value is -1.11. The van der Waals surface area contributed by atoms with Crippen LogP contribution in [-0.4, -0.2) is 33.5 Å². The number of hydrogen-bond donors (Lipinski definition) is 1. The molecule has 1 heterocycles. The third kappa shape index (κ3) is 4.77. The predicted octanol–water partition coefficient (Wildman–Crippen LogP) is 1.68. The SMILES string of the molecule is CCS(=O)(=O)NCc1ccc(OCC2CCCO2)cc1. The molecule has 1 atom stereocenters. The minimum Gasteiger partial charge on any atom is -0.491 e. The van der Waals surface area contributed by atoms with Crippen LogP contribution in [0, 0.1) is 0 Å². The summed E-state index contributed by atoms with van der Waals surface area (Å²) >= 11 is 0. The van der Waals surface area contributed by atoms with E-state index in [1.807, 2.05) is 24.3 Å². The van der Waals surface area contributed by atoms with Gasteiger partial charge < -0.3 is 9.47 Å². The monoisotopic (exact) mass is 299 g/mol. The number of ether oxygens (including phenoxy) is 2. The van der Waals surface area contributed by atoms with E-state index < -0.39 is 10.0 Å². The smallest absolute Gasteiger partial charge is 0.211 e. The first-order valence-corrected chi connectivity index (χ1v) is 8.55. The van der Waals surface area contributed by atoms with E-state index in [1.165, 1.54) is 0 Å². The van der Waals surface area contributed by atoms with E-state index in [-0.39, 0.29) is 11.9 Å². The van der Waals surface area contributed by atoms with Crippen LogP contribution in [0.1, 0.15) is 25.3 Å². The Morgan fingerprint density at radius 3 is 2.70 bits per heavy atom. The van der Waals surface area contributed by atoms with Crippen molar-refractivity contribution in [3.8, 4) is 5.75 Å². The van der Waals surface area contributed by atoms with Gasteiger partial charge in [-0.1, -0.05) is 12.1 Å². The average molecular weight is 299 g/mol. The molecule has 6 heteroatoms. The molecule has 1 N–H and O–H groups in total. The van der Waals surface area contributed by atoms with E-state index in [0.717, 1.165) is 30.8 Å². The lowest BCUT2D eigenvalue weighted by atomic mass is 10.2. The van der Waals surface area contributed by atoms with Crippen molar-refractivity contribution in [2.24, 2.45) is 0 Å². The van der Waals surface area contributed by atoms with Gasteiger partial charge in [0.1, 0.15) is 12.4 Å². The summed E-state index contributed by atoms with van der Waals surface area (Å²) in [5.74, 6) is 0.873. The van der Waals surface area contributed by atoms with Crippen LogP contribution in [0.25, 0.3) is 0 Å². The Kier molecular flexibility index (Phi) is 5.39. The van der Waals surface area contributed by atoms with Gasteiger partial charge >= 0.3 is 0 Å². The Balaban J connectivity index is 1.80. The van der Waals surface area contributed by atoms with Crippen LogP contribution >= 0.6 is 0 Å². The van der Waals surface area contributed by atoms with Gasteiger partial charge in [0.2, 0.25) is 10.0 Å². The van der Waals surface area contributed by atoms with Crippen LogP contribution in [0.4, 0.5) is 0 Å². The van der Waals surface area contributed by atoms with Crippen LogP contribution < -0.4 is 9.46 Å². The van der Waals surface area contributed by atoms with E-state index >= 15 is 0 Å². The zero-order valence-corrected chi connectivity index (χ0v) is 12.5. The first-order valence-electron chi connectivity index (χ1n) is 6.90. The normalized spacial score (nSPS) is 19.1. The molecular weight excluding hydrogens is 278 g/mol. The van der Waals surface area contributed by atoms with Crippen molar-refractivity contribution in [1.29, 1.82) is 0 Å². The Morgan fingerprint density at radius 2 is 2.10 bits per heavy atom. The van der Waals surface area contributed by atoms with Gasteiger partial charge in [-0.3, -0.25) is 0 Å². The average Bonchev–Trinajstić information content (AvgIpc) is 2.97. The summed E-state index contributed by atoms with van der Waals surface area (Å²) in [6.07, 6.45) is 2.35. The molecule has 1 aliphatic heterocycles. The highest BCUT2D eigenvalue weighted by atomic mass is 32.2. The van der Waals surface area contributed by atoms with Gasteiger partial charge in [-0.05, 0) is 37.5 Å². The van der Waals surface area contributed by atoms with E-state index in [4.69, 9.17) is 9.47 Å². The van der Waals surface area contributed by atoms with E-state index in [0.29, 0.717) is 13.2 Å². The molecule has 0 spiro atoms. The molecule has 5 nitrogen and oxygen atoms in total. The van der Waals surface area contributed by atoms with Crippen LogP contribution in [0.3, 0.4) is 0 Å². The number of nitrogens with one attached hydrogen (secondary N) is 1. The van der Waals surface area contributed by atoms with Gasteiger partial charge in [0, 0.05) is 13.2 Å². The second-order valence-corrected chi connectivity index (χ2v) is 6.91. The summed E-state index contributed by atoms with van der Waals surface area (Å²) in [6, 6.07) is 7.43. The second-order valence-electron chi connectivity index (χ2n) is 4.81. The Labute approximate surface area is 120 Å². The van der Waals surface area contributed by atoms with Crippen LogP contribution in [0.5, 0.6) is 5.75 Å². The molecule has 20 heavy (non-hydrogen) atoms. The minimum atomic E-state index is -3.15. The quantitative estimate of drug-likeness (QED) is 0.832. The maximum atomic E-state index is 11.3. The Morgan fingerprint density at radius 1 is 1.35 bits per heavy atom. The fraction of sp³-hybridized carbons (Fsp3) is 0.571. The minimum absolute atomic E-state index is 0.0928. The summed E-state index contributed by atoms with van der Waals surface area (Å²) in [6.45, 7) is 3.32. The van der Waals surface area contributed by atoms with E-state index in [9.17, 15) is 8.42 Å². The molecule has 0 amide bonds. The van der Waals surface area contributed by atoms with Gasteiger partial charge in [0.05, 0.1) is 11.9 Å². The lowest BCUT2D eigenvalue weighted by Crippen LogP contribution is -2.24. The standard InChI is InChI=1S/C14H21NO4S/c1-2-20(16,17)15-10-12-5-7-13(8-6-12)19-11-14-4-3-9-18-14/h5-8,14-15H,2-4,9-11H2,1H3. The molecule has 1 aromatic rings. The summed E-state index contributed by atoms with van der Waals surface area (Å²) < 4.78 is 36.3. The highest BCUT2D eigenvalue weighted by Gasteiger charge is 2.15. The van der Waals surface area contributed by atoms with E-state index in [2.05, 4.69) is 4.72 Å². The fourth-order valence-electron chi connectivity index (χ4n) is 1.96. The zero-order valence-electron chi connectivity index (χ0n) is 11.7. The van der Waals surface area contributed by atoms with Crippen molar-refractivity contribution >= 4 is 10.0 Å². The van der Waals surface area contributed by atoms with Gasteiger partial charge in [-0.25, -0.2) is 13.1 Å². The maximum absolute atomic E-state index is 11.3. The van der Waals surface area contributed by atoms with Gasteiger partial charge in [0.15, 0.2) is 0 Å². The molecule has 0 saturated carbocycles. The van der Waals surface area contributed by atoms with Gasteiger partial charge in [0.25, 0.3) is 0 Å². The predicted molar refractivity (Wildman–Crippen MR) is 77.2 cm³/mol. The van der Waals surface area contributed by atoms with Crippen molar-refractivity contribution < 1.29 is 17.9 Å². The summed E-state index contributed by atoms with van der Waals surface area (Å²) in [7, 11) is -3.15. The first-order chi connectivity index (χ1) is 9.59. The molecule has 112 valence electrons. The summed E-state index contributed by atoms with van der Waals surface area (Å²) in [5.41, 5.74) is 0.909. The molecule has 1 saturated heterocycles. The Bertz CT molecular complexity index is 506. The molecule has 0 radical (unpaired) electrons. The van der Waals surface area contributed by atoms with Crippen molar-refractivity contribution in [3.63, 3.8) is 0 Å². The van der Waals surface area contributed by atoms with Gasteiger partial charge in [-0.15, -0.1) is 0 Å². The largest absolute Gasteiger partial charge is 0.491 e. The third-order valence-corrected chi connectivity index (χ3v) is 4.60. The molecule has 0 aromatic heterocycles. The number of sulfonamides is 1. The van der Waals surface area contributed by atoms with Crippen molar-refractivity contribution in [2.45, 2.75) is 32.4 Å². The molecule has 0 aliphatic carbocycles. The van der Waals surface area contributed by atoms with Crippen molar-refractivity contribution in [2.75, 3.05) is 19.0 Å². The second kappa shape index (κ2) is 7.06. The van der Waals surface area contributed by atoms with Crippen LogP contribution in [0.2, 0.25) is 0 Å². The molecule has 1 fully saturated rings. The van der Waals surface area contributed by atoms with Crippen molar-refractivity contribution in [3.05, 3.63) is 29.8 Å². The summed E-state index contributed by atoms with van der Waals surface area (Å²) in [4.78, 5) is 0. The van der Waals surface area contributed by atoms with Gasteiger partial charge in [-0.2, -0.15) is 0 Å². The first kappa shape index (κ1) is 15.3. The van der Waals surface area contributed by atoms with Crippen molar-refractivity contribution in [1.82, 2.24) is 4.72 Å². The maximum Gasteiger partial charge on any atom is 0.211 e. The molecule has 1 aliphatic rings. The number of rotatable bonds is 7. The van der Waals surface area contributed by atoms with Crippen LogP contribution in [-0.2, 0) is 21.3 Å². The third-order valence-electron chi connectivity index (χ3n) is 3.26.